The van der Waals surface area contributed by atoms with Crippen LogP contribution in [0.4, 0.5) is 10.1 Å². The van der Waals surface area contributed by atoms with Crippen molar-refractivity contribution < 1.29 is 23.9 Å². The minimum atomic E-state index is -0.809. The summed E-state index contributed by atoms with van der Waals surface area (Å²) in [5.74, 6) is -1.83. The molecule has 2 aliphatic rings. The zero-order chi connectivity index (χ0) is 19.6. The quantitative estimate of drug-likeness (QED) is 0.774. The fourth-order valence-electron chi connectivity index (χ4n) is 3.65. The summed E-state index contributed by atoms with van der Waals surface area (Å²) < 4.78 is 14.3. The second kappa shape index (κ2) is 8.04. The smallest absolute Gasteiger partial charge is 0.307 e. The van der Waals surface area contributed by atoms with Crippen LogP contribution in [-0.4, -0.2) is 78.4 Å². The third-order valence-electron chi connectivity index (χ3n) is 5.31. The fraction of sp³-hybridized carbons (Fsp3) is 0.526. The number of rotatable bonds is 5. The van der Waals surface area contributed by atoms with E-state index in [-0.39, 0.29) is 18.2 Å². The van der Waals surface area contributed by atoms with E-state index in [0.29, 0.717) is 56.9 Å². The van der Waals surface area contributed by atoms with Crippen molar-refractivity contribution in [3.05, 3.63) is 29.6 Å². The lowest BCUT2D eigenvalue weighted by Gasteiger charge is -2.37. The first kappa shape index (κ1) is 19.3. The molecule has 1 unspecified atom stereocenters. The van der Waals surface area contributed by atoms with Gasteiger partial charge in [0.25, 0.3) is 0 Å². The second-order valence-electron chi connectivity index (χ2n) is 7.15. The molecule has 0 radical (unpaired) electrons. The van der Waals surface area contributed by atoms with Crippen molar-refractivity contribution in [2.75, 3.05) is 50.7 Å². The Kier molecular flexibility index (Phi) is 5.74. The lowest BCUT2D eigenvalue weighted by Crippen LogP contribution is -2.51. The number of carbonyl (C=O) groups is 3. The Bertz CT molecular complexity index is 746. The van der Waals surface area contributed by atoms with Gasteiger partial charge in [0.2, 0.25) is 5.91 Å². The number of benzene rings is 1. The van der Waals surface area contributed by atoms with Crippen LogP contribution in [0.1, 0.15) is 23.7 Å². The number of aliphatic carboxylic acids is 1. The van der Waals surface area contributed by atoms with Gasteiger partial charge in [-0.3, -0.25) is 19.3 Å². The molecule has 1 atom stereocenters. The van der Waals surface area contributed by atoms with Gasteiger partial charge in [-0.25, -0.2) is 4.39 Å². The average Bonchev–Trinajstić information content (AvgIpc) is 3.10. The van der Waals surface area contributed by atoms with Crippen LogP contribution in [0.3, 0.4) is 0 Å². The predicted molar refractivity (Wildman–Crippen MR) is 97.4 cm³/mol. The van der Waals surface area contributed by atoms with Crippen molar-refractivity contribution in [3.63, 3.8) is 0 Å². The lowest BCUT2D eigenvalue weighted by molar-refractivity contribution is -0.141. The number of amides is 1. The monoisotopic (exact) mass is 377 g/mol. The number of hydrogen-bond acceptors (Lipinski definition) is 5. The van der Waals surface area contributed by atoms with Crippen LogP contribution >= 0.6 is 0 Å². The van der Waals surface area contributed by atoms with Gasteiger partial charge in [-0.15, -0.1) is 0 Å². The Hall–Kier alpha value is -2.48. The number of nitrogens with zero attached hydrogens (tertiary/aromatic N) is 3. The van der Waals surface area contributed by atoms with E-state index < -0.39 is 17.7 Å². The molecule has 2 fully saturated rings. The van der Waals surface area contributed by atoms with Gasteiger partial charge in [-0.1, -0.05) is 0 Å². The average molecular weight is 377 g/mol. The van der Waals surface area contributed by atoms with Crippen LogP contribution in [0.5, 0.6) is 0 Å². The van der Waals surface area contributed by atoms with E-state index in [1.165, 1.54) is 13.0 Å². The molecule has 0 bridgehead atoms. The largest absolute Gasteiger partial charge is 0.481 e. The molecule has 7 nitrogen and oxygen atoms in total. The molecule has 0 aromatic heterocycles. The van der Waals surface area contributed by atoms with Gasteiger partial charge in [-0.05, 0) is 38.1 Å². The summed E-state index contributed by atoms with van der Waals surface area (Å²) in [6.07, 6.45) is 0.575. The number of ketones is 1. The van der Waals surface area contributed by atoms with E-state index >= 15 is 0 Å². The molecule has 1 aromatic carbocycles. The van der Waals surface area contributed by atoms with E-state index in [0.717, 1.165) is 0 Å². The highest BCUT2D eigenvalue weighted by molar-refractivity contribution is 5.94. The molecule has 0 spiro atoms. The minimum absolute atomic E-state index is 0.0203. The third-order valence-corrected chi connectivity index (χ3v) is 5.31. The number of hydrogen-bond donors (Lipinski definition) is 1. The second-order valence-corrected chi connectivity index (χ2v) is 7.15. The molecule has 3 rings (SSSR count). The van der Waals surface area contributed by atoms with Crippen molar-refractivity contribution >= 4 is 23.3 Å². The summed E-state index contributed by atoms with van der Waals surface area (Å²) >= 11 is 0. The maximum atomic E-state index is 14.3. The molecule has 146 valence electrons. The normalized spacial score (nSPS) is 20.7. The van der Waals surface area contributed by atoms with Crippen LogP contribution in [0.15, 0.2) is 18.2 Å². The summed E-state index contributed by atoms with van der Waals surface area (Å²) in [6, 6.07) is 4.48. The molecule has 1 aromatic rings. The molecule has 0 saturated carbocycles. The van der Waals surface area contributed by atoms with Gasteiger partial charge in [0.05, 0.1) is 18.2 Å². The molecular formula is C19H24FN3O4. The fourth-order valence-corrected chi connectivity index (χ4v) is 3.65. The maximum absolute atomic E-state index is 14.3. The first-order chi connectivity index (χ1) is 12.8. The first-order valence-electron chi connectivity index (χ1n) is 9.13. The highest BCUT2D eigenvalue weighted by Gasteiger charge is 2.31. The van der Waals surface area contributed by atoms with Gasteiger partial charge in [0.1, 0.15) is 5.82 Å². The van der Waals surface area contributed by atoms with Gasteiger partial charge in [0.15, 0.2) is 5.78 Å². The summed E-state index contributed by atoms with van der Waals surface area (Å²) in [6.45, 7) is 4.67. The number of Topliss-reactive ketones (excluding diaryl/α,β-unsaturated/α-hetero) is 1. The molecule has 2 heterocycles. The first-order valence-corrected chi connectivity index (χ1v) is 9.13. The van der Waals surface area contributed by atoms with Crippen molar-refractivity contribution in [1.82, 2.24) is 9.80 Å². The SMILES string of the molecule is CC(=O)c1ccc(N2CCN(C(=O)CN3CCC(C(=O)O)C3)CC2)c(F)c1. The van der Waals surface area contributed by atoms with Crippen LogP contribution in [0.25, 0.3) is 0 Å². The van der Waals surface area contributed by atoms with Crippen LogP contribution in [0, 0.1) is 11.7 Å². The van der Waals surface area contributed by atoms with Crippen molar-refractivity contribution in [2.45, 2.75) is 13.3 Å². The van der Waals surface area contributed by atoms with Gasteiger partial charge in [0, 0.05) is 38.3 Å². The summed E-state index contributed by atoms with van der Waals surface area (Å²) in [5.41, 5.74) is 0.784. The van der Waals surface area contributed by atoms with Crippen LogP contribution in [-0.2, 0) is 9.59 Å². The number of carboxylic acids is 1. The Balaban J connectivity index is 1.52. The molecule has 2 saturated heterocycles. The third kappa shape index (κ3) is 4.44. The van der Waals surface area contributed by atoms with Gasteiger partial charge >= 0.3 is 5.97 Å². The maximum Gasteiger partial charge on any atom is 0.307 e. The predicted octanol–water partition coefficient (Wildman–Crippen LogP) is 1.08. The Morgan fingerprint density at radius 3 is 2.41 bits per heavy atom. The minimum Gasteiger partial charge on any atom is -0.481 e. The summed E-state index contributed by atoms with van der Waals surface area (Å²) in [5, 5.41) is 9.04. The molecule has 0 aliphatic carbocycles. The van der Waals surface area contributed by atoms with E-state index in [9.17, 15) is 18.8 Å². The number of piperazine rings is 1. The number of carbonyl (C=O) groups excluding carboxylic acids is 2. The molecule has 2 aliphatic heterocycles. The van der Waals surface area contributed by atoms with Crippen LogP contribution < -0.4 is 4.90 Å². The molecule has 1 amide bonds. The van der Waals surface area contributed by atoms with Crippen LogP contribution in [0.2, 0.25) is 0 Å². The highest BCUT2D eigenvalue weighted by atomic mass is 19.1. The Morgan fingerprint density at radius 1 is 1.15 bits per heavy atom. The van der Waals surface area contributed by atoms with Crippen molar-refractivity contribution in [3.8, 4) is 0 Å². The standard InChI is InChI=1S/C19H24FN3O4/c1-13(24)14-2-3-17(16(20)10-14)22-6-8-23(9-7-22)18(25)12-21-5-4-15(11-21)19(26)27/h2-3,10,15H,4-9,11-12H2,1H3,(H,26,27). The van der Waals surface area contributed by atoms with Gasteiger partial charge in [-0.2, -0.15) is 0 Å². The van der Waals surface area contributed by atoms with Crippen molar-refractivity contribution in [1.29, 1.82) is 0 Å². The molecule has 8 heteroatoms. The highest BCUT2D eigenvalue weighted by Crippen LogP contribution is 2.23. The van der Waals surface area contributed by atoms with E-state index in [1.807, 2.05) is 9.80 Å². The number of halogens is 1. The Morgan fingerprint density at radius 2 is 1.85 bits per heavy atom. The zero-order valence-electron chi connectivity index (χ0n) is 15.4. The zero-order valence-corrected chi connectivity index (χ0v) is 15.4. The van der Waals surface area contributed by atoms with Gasteiger partial charge < -0.3 is 14.9 Å². The van der Waals surface area contributed by atoms with E-state index in [2.05, 4.69) is 0 Å². The molecular weight excluding hydrogens is 353 g/mol. The molecule has 1 N–H and O–H groups in total. The van der Waals surface area contributed by atoms with Crippen molar-refractivity contribution in [2.24, 2.45) is 5.92 Å². The topological polar surface area (TPSA) is 81.2 Å². The number of anilines is 1. The van der Waals surface area contributed by atoms with E-state index in [1.54, 1.807) is 17.0 Å². The summed E-state index contributed by atoms with van der Waals surface area (Å²) in [4.78, 5) is 40.3. The van der Waals surface area contributed by atoms with E-state index in [4.69, 9.17) is 5.11 Å². The lowest BCUT2D eigenvalue weighted by atomic mass is 10.1. The number of likely N-dealkylation sites (tertiary alicyclic amines) is 1. The Labute approximate surface area is 157 Å². The summed E-state index contributed by atoms with van der Waals surface area (Å²) in [7, 11) is 0. The number of carboxylic acid groups (broad SMARTS) is 1. The molecule has 27 heavy (non-hydrogen) atoms.